The quantitative estimate of drug-likeness (QED) is 0.695. The highest BCUT2D eigenvalue weighted by molar-refractivity contribution is 9.10. The summed E-state index contributed by atoms with van der Waals surface area (Å²) in [6.45, 7) is 2.02. The van der Waals surface area contributed by atoms with Gasteiger partial charge in [-0.05, 0) is 55.0 Å². The van der Waals surface area contributed by atoms with Crippen molar-refractivity contribution in [1.82, 2.24) is 4.98 Å². The van der Waals surface area contributed by atoms with E-state index in [0.717, 1.165) is 32.4 Å². The Bertz CT molecular complexity index is 787. The van der Waals surface area contributed by atoms with E-state index < -0.39 is 0 Å². The van der Waals surface area contributed by atoms with Crippen molar-refractivity contribution in [1.29, 1.82) is 0 Å². The molecule has 3 nitrogen and oxygen atoms in total. The van der Waals surface area contributed by atoms with Crippen LogP contribution < -0.4 is 10.5 Å². The molecule has 0 atom stereocenters. The van der Waals surface area contributed by atoms with E-state index in [1.54, 1.807) is 6.20 Å². The number of ether oxygens (including phenoxy) is 1. The Labute approximate surface area is 125 Å². The van der Waals surface area contributed by atoms with Gasteiger partial charge in [0.05, 0.1) is 5.52 Å². The summed E-state index contributed by atoms with van der Waals surface area (Å²) in [5.41, 5.74) is 8.38. The topological polar surface area (TPSA) is 48.1 Å². The molecule has 0 fully saturated rings. The molecule has 0 radical (unpaired) electrons. The van der Waals surface area contributed by atoms with Crippen molar-refractivity contribution in [2.45, 2.75) is 6.92 Å². The minimum atomic E-state index is 0.696. The number of nitrogens with two attached hydrogens (primary N) is 1. The zero-order valence-corrected chi connectivity index (χ0v) is 12.5. The first kappa shape index (κ1) is 12.9. The van der Waals surface area contributed by atoms with Crippen molar-refractivity contribution in [2.24, 2.45) is 0 Å². The van der Waals surface area contributed by atoms with Crippen molar-refractivity contribution in [2.75, 3.05) is 5.73 Å². The average molecular weight is 329 g/mol. The number of aromatic nitrogens is 1. The summed E-state index contributed by atoms with van der Waals surface area (Å²) in [7, 11) is 0. The Morgan fingerprint density at radius 1 is 1.05 bits per heavy atom. The van der Waals surface area contributed by atoms with E-state index in [1.807, 2.05) is 49.4 Å². The number of nitrogens with zero attached hydrogens (tertiary/aromatic N) is 1. The van der Waals surface area contributed by atoms with E-state index in [0.29, 0.717) is 5.69 Å². The molecule has 4 heteroatoms. The van der Waals surface area contributed by atoms with Crippen LogP contribution in [0.1, 0.15) is 5.56 Å². The zero-order valence-electron chi connectivity index (χ0n) is 10.9. The molecule has 0 unspecified atom stereocenters. The third-order valence-corrected chi connectivity index (χ3v) is 3.58. The number of hydrogen-bond donors (Lipinski definition) is 1. The number of benzene rings is 2. The van der Waals surface area contributed by atoms with Crippen LogP contribution in [0.2, 0.25) is 0 Å². The highest BCUT2D eigenvalue weighted by Crippen LogP contribution is 2.32. The summed E-state index contributed by atoms with van der Waals surface area (Å²) < 4.78 is 7.05. The van der Waals surface area contributed by atoms with Crippen LogP contribution in [0.3, 0.4) is 0 Å². The maximum Gasteiger partial charge on any atom is 0.138 e. The van der Waals surface area contributed by atoms with Gasteiger partial charge in [-0.25, -0.2) is 0 Å². The molecule has 0 saturated carbocycles. The second kappa shape index (κ2) is 5.13. The molecule has 3 aromatic rings. The molecular weight excluding hydrogens is 316 g/mol. The molecule has 0 saturated heterocycles. The van der Waals surface area contributed by atoms with E-state index in [9.17, 15) is 0 Å². The van der Waals surface area contributed by atoms with Gasteiger partial charge in [-0.15, -0.1) is 0 Å². The normalized spacial score (nSPS) is 10.7. The van der Waals surface area contributed by atoms with Gasteiger partial charge in [0.25, 0.3) is 0 Å². The SMILES string of the molecule is Cc1cc(Br)ccc1Oc1ccnc2cc(N)ccc12. The Morgan fingerprint density at radius 2 is 1.90 bits per heavy atom. The van der Waals surface area contributed by atoms with Crippen molar-refractivity contribution >= 4 is 32.5 Å². The first-order valence-corrected chi connectivity index (χ1v) is 7.01. The van der Waals surface area contributed by atoms with Gasteiger partial charge < -0.3 is 10.5 Å². The van der Waals surface area contributed by atoms with Crippen LogP contribution >= 0.6 is 15.9 Å². The lowest BCUT2D eigenvalue weighted by Gasteiger charge is -2.11. The van der Waals surface area contributed by atoms with E-state index in [-0.39, 0.29) is 0 Å². The molecule has 0 aliphatic carbocycles. The highest BCUT2D eigenvalue weighted by atomic mass is 79.9. The smallest absolute Gasteiger partial charge is 0.138 e. The molecule has 0 spiro atoms. The van der Waals surface area contributed by atoms with Gasteiger partial charge in [0.1, 0.15) is 11.5 Å². The second-order valence-corrected chi connectivity index (χ2v) is 5.51. The van der Waals surface area contributed by atoms with Gasteiger partial charge >= 0.3 is 0 Å². The molecule has 3 rings (SSSR count). The summed E-state index contributed by atoms with van der Waals surface area (Å²) in [4.78, 5) is 4.31. The third kappa shape index (κ3) is 2.47. The fraction of sp³-hybridized carbons (Fsp3) is 0.0625. The Morgan fingerprint density at radius 3 is 2.70 bits per heavy atom. The molecule has 0 amide bonds. The van der Waals surface area contributed by atoms with E-state index >= 15 is 0 Å². The molecule has 20 heavy (non-hydrogen) atoms. The summed E-state index contributed by atoms with van der Waals surface area (Å²) in [5.74, 6) is 1.61. The number of hydrogen-bond acceptors (Lipinski definition) is 3. The maximum absolute atomic E-state index is 6.02. The van der Waals surface area contributed by atoms with Crippen LogP contribution in [0.5, 0.6) is 11.5 Å². The van der Waals surface area contributed by atoms with Crippen LogP contribution in [0.25, 0.3) is 10.9 Å². The fourth-order valence-electron chi connectivity index (χ4n) is 2.07. The predicted molar refractivity (Wildman–Crippen MR) is 85.1 cm³/mol. The number of aryl methyl sites for hydroxylation is 1. The van der Waals surface area contributed by atoms with Crippen LogP contribution in [0, 0.1) is 6.92 Å². The maximum atomic E-state index is 6.02. The Kier molecular flexibility index (Phi) is 3.32. The molecule has 1 aromatic heterocycles. The number of anilines is 1. The minimum absolute atomic E-state index is 0.696. The van der Waals surface area contributed by atoms with E-state index in [4.69, 9.17) is 10.5 Å². The van der Waals surface area contributed by atoms with Crippen LogP contribution in [0.4, 0.5) is 5.69 Å². The van der Waals surface area contributed by atoms with Crippen LogP contribution in [0.15, 0.2) is 53.1 Å². The lowest BCUT2D eigenvalue weighted by molar-refractivity contribution is 0.484. The molecular formula is C16H13BrN2O. The van der Waals surface area contributed by atoms with Crippen LogP contribution in [-0.4, -0.2) is 4.98 Å². The third-order valence-electron chi connectivity index (χ3n) is 3.08. The van der Waals surface area contributed by atoms with Crippen molar-refractivity contribution in [3.63, 3.8) is 0 Å². The summed E-state index contributed by atoms with van der Waals surface area (Å²) in [6.07, 6.45) is 1.73. The fourth-order valence-corrected chi connectivity index (χ4v) is 2.55. The molecule has 2 aromatic carbocycles. The monoisotopic (exact) mass is 328 g/mol. The van der Waals surface area contributed by atoms with Gasteiger partial charge in [0.15, 0.2) is 0 Å². The van der Waals surface area contributed by atoms with Gasteiger partial charge in [-0.3, -0.25) is 4.98 Å². The van der Waals surface area contributed by atoms with Crippen molar-refractivity contribution < 1.29 is 4.74 Å². The standard InChI is InChI=1S/C16H13BrN2O/c1-10-8-11(17)2-5-15(10)20-16-6-7-19-14-9-12(18)3-4-13(14)16/h2-9H,18H2,1H3. The van der Waals surface area contributed by atoms with E-state index in [1.165, 1.54) is 0 Å². The Balaban J connectivity index is 2.06. The molecule has 2 N–H and O–H groups in total. The molecule has 0 aliphatic rings. The zero-order chi connectivity index (χ0) is 14.1. The molecule has 1 heterocycles. The largest absolute Gasteiger partial charge is 0.456 e. The number of pyridine rings is 1. The second-order valence-electron chi connectivity index (χ2n) is 4.60. The molecule has 100 valence electrons. The van der Waals surface area contributed by atoms with Gasteiger partial charge in [-0.2, -0.15) is 0 Å². The summed E-state index contributed by atoms with van der Waals surface area (Å²) >= 11 is 3.45. The average Bonchev–Trinajstić information content (AvgIpc) is 2.41. The predicted octanol–water partition coefficient (Wildman–Crippen LogP) is 4.68. The number of halogens is 1. The summed E-state index contributed by atoms with van der Waals surface area (Å²) in [6, 6.07) is 13.4. The number of rotatable bonds is 2. The lowest BCUT2D eigenvalue weighted by atomic mass is 10.2. The van der Waals surface area contributed by atoms with Crippen molar-refractivity contribution in [3.05, 3.63) is 58.7 Å². The van der Waals surface area contributed by atoms with E-state index in [2.05, 4.69) is 20.9 Å². The minimum Gasteiger partial charge on any atom is -0.456 e. The molecule has 0 bridgehead atoms. The van der Waals surface area contributed by atoms with Gasteiger partial charge in [-0.1, -0.05) is 15.9 Å². The lowest BCUT2D eigenvalue weighted by Crippen LogP contribution is -1.91. The first-order valence-electron chi connectivity index (χ1n) is 6.22. The van der Waals surface area contributed by atoms with Crippen molar-refractivity contribution in [3.8, 4) is 11.5 Å². The summed E-state index contributed by atoms with van der Waals surface area (Å²) in [5, 5.41) is 0.948. The number of fused-ring (bicyclic) bond motifs is 1. The first-order chi connectivity index (χ1) is 9.63. The Hall–Kier alpha value is -2.07. The highest BCUT2D eigenvalue weighted by Gasteiger charge is 2.07. The number of nitrogen functional groups attached to an aromatic ring is 1. The van der Waals surface area contributed by atoms with Gasteiger partial charge in [0.2, 0.25) is 0 Å². The van der Waals surface area contributed by atoms with Crippen LogP contribution in [-0.2, 0) is 0 Å². The van der Waals surface area contributed by atoms with Gasteiger partial charge in [0, 0.05) is 21.7 Å². The molecule has 0 aliphatic heterocycles.